The van der Waals surface area contributed by atoms with Crippen LogP contribution in [0.1, 0.15) is 0 Å². The summed E-state index contributed by atoms with van der Waals surface area (Å²) in [6, 6.07) is 57.8. The van der Waals surface area contributed by atoms with E-state index in [4.69, 9.17) is 8.83 Å². The Morgan fingerprint density at radius 1 is 0.340 bits per heavy atom. The Labute approximate surface area is 270 Å². The van der Waals surface area contributed by atoms with Gasteiger partial charge < -0.3 is 13.7 Å². The second kappa shape index (κ2) is 10.1. The predicted octanol–water partition coefficient (Wildman–Crippen LogP) is 12.9. The summed E-state index contributed by atoms with van der Waals surface area (Å²) in [4.78, 5) is 2.28. The van der Waals surface area contributed by atoms with Gasteiger partial charge in [0, 0.05) is 38.7 Å². The second-order valence-electron chi connectivity index (χ2n) is 12.1. The molecule has 0 spiro atoms. The second-order valence-corrected chi connectivity index (χ2v) is 12.1. The molecule has 0 aliphatic carbocycles. The average molecular weight is 602 g/mol. The summed E-state index contributed by atoms with van der Waals surface area (Å²) in [7, 11) is 0. The first-order chi connectivity index (χ1) is 23.3. The van der Waals surface area contributed by atoms with E-state index >= 15 is 0 Å². The lowest BCUT2D eigenvalue weighted by Gasteiger charge is -2.25. The van der Waals surface area contributed by atoms with Crippen LogP contribution in [0.25, 0.3) is 76.5 Å². The van der Waals surface area contributed by atoms with Crippen molar-refractivity contribution in [3.8, 4) is 11.1 Å². The van der Waals surface area contributed by atoms with Crippen LogP contribution in [0, 0.1) is 0 Å². The third kappa shape index (κ3) is 4.07. The van der Waals surface area contributed by atoms with E-state index in [0.717, 1.165) is 71.7 Å². The Morgan fingerprint density at radius 2 is 0.979 bits per heavy atom. The molecule has 0 saturated heterocycles. The fourth-order valence-electron chi connectivity index (χ4n) is 7.14. The molecular weight excluding hydrogens is 574 g/mol. The molecule has 10 rings (SSSR count). The molecule has 0 aliphatic rings. The molecule has 10 aromatic rings. The first kappa shape index (κ1) is 26.0. The zero-order chi connectivity index (χ0) is 30.9. The molecule has 0 radical (unpaired) electrons. The largest absolute Gasteiger partial charge is 0.456 e. The van der Waals surface area contributed by atoms with Crippen molar-refractivity contribution in [2.24, 2.45) is 0 Å². The predicted molar refractivity (Wildman–Crippen MR) is 196 cm³/mol. The van der Waals surface area contributed by atoms with Crippen LogP contribution >= 0.6 is 0 Å². The van der Waals surface area contributed by atoms with Crippen LogP contribution in [-0.2, 0) is 0 Å². The first-order valence-corrected chi connectivity index (χ1v) is 15.9. The first-order valence-electron chi connectivity index (χ1n) is 15.9. The maximum absolute atomic E-state index is 6.83. The smallest absolute Gasteiger partial charge is 0.159 e. The summed E-state index contributed by atoms with van der Waals surface area (Å²) in [5, 5.41) is 9.17. The van der Waals surface area contributed by atoms with Gasteiger partial charge in [-0.3, -0.25) is 0 Å². The maximum Gasteiger partial charge on any atom is 0.159 e. The standard InChI is InChI=1S/C44H27NO2/c1-2-10-31-26-32(17-16-28(31)8-1)29-18-21-33(22-19-29)45(34-23-25-37-36-12-5-6-15-41(36)46-42(37)27-34)40-14-7-13-38-39-24-20-30-9-3-4-11-35(30)43(39)47-44(38)40/h1-27H. The topological polar surface area (TPSA) is 29.5 Å². The van der Waals surface area contributed by atoms with Crippen LogP contribution in [0.3, 0.4) is 0 Å². The minimum atomic E-state index is 0.849. The number of fused-ring (bicyclic) bond motifs is 9. The van der Waals surface area contributed by atoms with Crippen LogP contribution < -0.4 is 4.90 Å². The van der Waals surface area contributed by atoms with E-state index in [-0.39, 0.29) is 0 Å². The van der Waals surface area contributed by atoms with Crippen molar-refractivity contribution in [1.82, 2.24) is 0 Å². The van der Waals surface area contributed by atoms with Crippen molar-refractivity contribution < 1.29 is 8.83 Å². The van der Waals surface area contributed by atoms with Gasteiger partial charge in [-0.05, 0) is 75.8 Å². The van der Waals surface area contributed by atoms with Gasteiger partial charge in [0.2, 0.25) is 0 Å². The fourth-order valence-corrected chi connectivity index (χ4v) is 7.14. The molecule has 0 N–H and O–H groups in total. The fraction of sp³-hybridized carbons (Fsp3) is 0. The summed E-state index contributed by atoms with van der Waals surface area (Å²) < 4.78 is 13.2. The molecule has 2 heterocycles. The molecule has 0 amide bonds. The van der Waals surface area contributed by atoms with Gasteiger partial charge in [0.15, 0.2) is 5.58 Å². The molecule has 0 atom stereocenters. The van der Waals surface area contributed by atoms with Gasteiger partial charge in [-0.2, -0.15) is 0 Å². The number of anilines is 3. The van der Waals surface area contributed by atoms with Crippen LogP contribution in [0.15, 0.2) is 173 Å². The van der Waals surface area contributed by atoms with E-state index in [9.17, 15) is 0 Å². The molecule has 0 unspecified atom stereocenters. The number of para-hydroxylation sites is 2. The van der Waals surface area contributed by atoms with Gasteiger partial charge in [-0.1, -0.05) is 109 Å². The van der Waals surface area contributed by atoms with Gasteiger partial charge in [-0.25, -0.2) is 0 Å². The summed E-state index contributed by atoms with van der Waals surface area (Å²) in [5.41, 5.74) is 8.85. The third-order valence-corrected chi connectivity index (χ3v) is 9.44. The number of furan rings is 2. The number of nitrogens with zero attached hydrogens (tertiary/aromatic N) is 1. The molecule has 0 saturated carbocycles. The molecule has 220 valence electrons. The number of hydrogen-bond donors (Lipinski definition) is 0. The Hall–Kier alpha value is -6.32. The van der Waals surface area contributed by atoms with Crippen molar-refractivity contribution in [2.75, 3.05) is 4.90 Å². The zero-order valence-corrected chi connectivity index (χ0v) is 25.4. The van der Waals surface area contributed by atoms with E-state index in [1.165, 1.54) is 21.9 Å². The third-order valence-electron chi connectivity index (χ3n) is 9.44. The Bertz CT molecular complexity index is 2800. The molecule has 0 bridgehead atoms. The van der Waals surface area contributed by atoms with Crippen molar-refractivity contribution >= 4 is 82.5 Å². The highest BCUT2D eigenvalue weighted by atomic mass is 16.3. The molecule has 0 fully saturated rings. The van der Waals surface area contributed by atoms with Crippen molar-refractivity contribution in [2.45, 2.75) is 0 Å². The zero-order valence-electron chi connectivity index (χ0n) is 25.4. The molecule has 2 aromatic heterocycles. The summed E-state index contributed by atoms with van der Waals surface area (Å²) in [6.07, 6.45) is 0. The number of rotatable bonds is 4. The lowest BCUT2D eigenvalue weighted by molar-refractivity contribution is 0.668. The SMILES string of the molecule is c1ccc2cc(-c3ccc(N(c4ccc5c(c4)oc4ccccc45)c4cccc5c4oc4c6ccccc6ccc54)cc3)ccc2c1. The van der Waals surface area contributed by atoms with Gasteiger partial charge in [0.25, 0.3) is 0 Å². The van der Waals surface area contributed by atoms with Crippen molar-refractivity contribution in [1.29, 1.82) is 0 Å². The van der Waals surface area contributed by atoms with E-state index in [1.54, 1.807) is 0 Å². The molecule has 0 aliphatic heterocycles. The van der Waals surface area contributed by atoms with Gasteiger partial charge in [0.05, 0.1) is 11.4 Å². The molecular formula is C44H27NO2. The van der Waals surface area contributed by atoms with Crippen LogP contribution in [0.5, 0.6) is 0 Å². The van der Waals surface area contributed by atoms with Gasteiger partial charge >= 0.3 is 0 Å². The van der Waals surface area contributed by atoms with E-state index in [0.29, 0.717) is 0 Å². The normalized spacial score (nSPS) is 11.8. The Kier molecular flexibility index (Phi) is 5.57. The van der Waals surface area contributed by atoms with Gasteiger partial charge in [0.1, 0.15) is 16.7 Å². The van der Waals surface area contributed by atoms with Crippen molar-refractivity contribution in [3.05, 3.63) is 164 Å². The van der Waals surface area contributed by atoms with Crippen molar-refractivity contribution in [3.63, 3.8) is 0 Å². The summed E-state index contributed by atoms with van der Waals surface area (Å²) in [5.74, 6) is 0. The van der Waals surface area contributed by atoms with Crippen LogP contribution in [-0.4, -0.2) is 0 Å². The monoisotopic (exact) mass is 601 g/mol. The minimum absolute atomic E-state index is 0.849. The highest BCUT2D eigenvalue weighted by Crippen LogP contribution is 2.45. The van der Waals surface area contributed by atoms with Crippen LogP contribution in [0.2, 0.25) is 0 Å². The van der Waals surface area contributed by atoms with E-state index in [1.807, 2.05) is 12.1 Å². The average Bonchev–Trinajstić information content (AvgIpc) is 3.71. The molecule has 3 nitrogen and oxygen atoms in total. The molecule has 8 aromatic carbocycles. The minimum Gasteiger partial charge on any atom is -0.456 e. The summed E-state index contributed by atoms with van der Waals surface area (Å²) in [6.45, 7) is 0. The van der Waals surface area contributed by atoms with Gasteiger partial charge in [-0.15, -0.1) is 0 Å². The number of hydrogen-bond acceptors (Lipinski definition) is 3. The molecule has 3 heteroatoms. The van der Waals surface area contributed by atoms with E-state index < -0.39 is 0 Å². The Balaban J connectivity index is 1.18. The highest BCUT2D eigenvalue weighted by molar-refractivity contribution is 6.17. The molecule has 47 heavy (non-hydrogen) atoms. The lowest BCUT2D eigenvalue weighted by atomic mass is 10.0. The van der Waals surface area contributed by atoms with Crippen LogP contribution in [0.4, 0.5) is 17.1 Å². The number of benzene rings is 8. The quantitative estimate of drug-likeness (QED) is 0.201. The lowest BCUT2D eigenvalue weighted by Crippen LogP contribution is -2.10. The highest BCUT2D eigenvalue weighted by Gasteiger charge is 2.21. The summed E-state index contributed by atoms with van der Waals surface area (Å²) >= 11 is 0. The van der Waals surface area contributed by atoms with E-state index in [2.05, 4.69) is 157 Å². The maximum atomic E-state index is 6.83. The Morgan fingerprint density at radius 3 is 1.87 bits per heavy atom.